The Morgan fingerprint density at radius 3 is 2.84 bits per heavy atom. The Bertz CT molecular complexity index is 836. The van der Waals surface area contributed by atoms with E-state index < -0.39 is 0 Å². The first-order valence-corrected chi connectivity index (χ1v) is 9.79. The van der Waals surface area contributed by atoms with Crippen molar-refractivity contribution in [3.05, 3.63) is 51.5 Å². The maximum atomic E-state index is 6.17. The Morgan fingerprint density at radius 1 is 1.04 bits per heavy atom. The molecule has 3 heterocycles. The van der Waals surface area contributed by atoms with Crippen LogP contribution < -0.4 is 15.5 Å². The van der Waals surface area contributed by atoms with E-state index in [2.05, 4.69) is 27.7 Å². The van der Waals surface area contributed by atoms with E-state index >= 15 is 0 Å². The lowest BCUT2D eigenvalue weighted by Crippen LogP contribution is -2.40. The molecule has 0 aliphatic carbocycles. The molecule has 0 spiro atoms. The number of benzene rings is 2. The van der Waals surface area contributed by atoms with Crippen molar-refractivity contribution in [2.75, 3.05) is 36.4 Å². The molecule has 25 heavy (non-hydrogen) atoms. The Morgan fingerprint density at radius 2 is 1.96 bits per heavy atom. The second-order valence-corrected chi connectivity index (χ2v) is 8.22. The van der Waals surface area contributed by atoms with Crippen molar-refractivity contribution < 1.29 is 0 Å². The van der Waals surface area contributed by atoms with E-state index in [1.165, 1.54) is 42.7 Å². The molecule has 5 heteroatoms. The zero-order chi connectivity index (χ0) is 17.0. The SMILES string of the molecule is Clc1ccc(Nc2cc3c4c(c2)[C@H]2CNC[C@@H]2CN4CCC3)cc1Cl. The van der Waals surface area contributed by atoms with Crippen LogP contribution in [0, 0.1) is 5.92 Å². The molecule has 0 unspecified atom stereocenters. The van der Waals surface area contributed by atoms with Crippen LogP contribution in [0.3, 0.4) is 0 Å². The lowest BCUT2D eigenvalue weighted by Gasteiger charge is -2.42. The number of aryl methyl sites for hydroxylation is 1. The van der Waals surface area contributed by atoms with Gasteiger partial charge in [0.05, 0.1) is 10.0 Å². The molecular weight excluding hydrogens is 353 g/mol. The van der Waals surface area contributed by atoms with Gasteiger partial charge >= 0.3 is 0 Å². The molecule has 0 bridgehead atoms. The largest absolute Gasteiger partial charge is 0.371 e. The molecule has 130 valence electrons. The molecule has 1 fully saturated rings. The number of nitrogens with one attached hydrogen (secondary N) is 2. The molecule has 2 aromatic carbocycles. The van der Waals surface area contributed by atoms with Crippen molar-refractivity contribution in [2.24, 2.45) is 5.92 Å². The van der Waals surface area contributed by atoms with Crippen LogP contribution in [0.15, 0.2) is 30.3 Å². The molecule has 0 amide bonds. The van der Waals surface area contributed by atoms with Gasteiger partial charge in [-0.15, -0.1) is 0 Å². The summed E-state index contributed by atoms with van der Waals surface area (Å²) in [5.41, 5.74) is 6.64. The highest BCUT2D eigenvalue weighted by Crippen LogP contribution is 2.46. The van der Waals surface area contributed by atoms with E-state index in [9.17, 15) is 0 Å². The topological polar surface area (TPSA) is 27.3 Å². The summed E-state index contributed by atoms with van der Waals surface area (Å²) >= 11 is 12.2. The average Bonchev–Trinajstić information content (AvgIpc) is 3.07. The zero-order valence-corrected chi connectivity index (χ0v) is 15.5. The van der Waals surface area contributed by atoms with Gasteiger partial charge in [-0.2, -0.15) is 0 Å². The van der Waals surface area contributed by atoms with Crippen LogP contribution in [0.25, 0.3) is 0 Å². The summed E-state index contributed by atoms with van der Waals surface area (Å²) < 4.78 is 0. The summed E-state index contributed by atoms with van der Waals surface area (Å²) in [6.07, 6.45) is 2.41. The molecule has 5 rings (SSSR count). The predicted molar refractivity (Wildman–Crippen MR) is 106 cm³/mol. The Kier molecular flexibility index (Phi) is 3.85. The van der Waals surface area contributed by atoms with Crippen LogP contribution in [-0.2, 0) is 6.42 Å². The number of rotatable bonds is 2. The average molecular weight is 374 g/mol. The van der Waals surface area contributed by atoms with Gasteiger partial charge in [-0.05, 0) is 60.2 Å². The Hall–Kier alpha value is -1.42. The molecule has 2 atom stereocenters. The second kappa shape index (κ2) is 6.08. The second-order valence-electron chi connectivity index (χ2n) is 7.40. The number of fused-ring (bicyclic) bond motifs is 2. The van der Waals surface area contributed by atoms with Crippen LogP contribution in [0.4, 0.5) is 17.1 Å². The first-order valence-electron chi connectivity index (χ1n) is 9.03. The maximum Gasteiger partial charge on any atom is 0.0612 e. The van der Waals surface area contributed by atoms with Crippen molar-refractivity contribution >= 4 is 40.3 Å². The van der Waals surface area contributed by atoms with E-state index in [-0.39, 0.29) is 0 Å². The minimum absolute atomic E-state index is 0.581. The highest BCUT2D eigenvalue weighted by molar-refractivity contribution is 6.42. The number of hydrogen-bond acceptors (Lipinski definition) is 3. The summed E-state index contributed by atoms with van der Waals surface area (Å²) in [6, 6.07) is 10.4. The van der Waals surface area contributed by atoms with Crippen molar-refractivity contribution in [2.45, 2.75) is 18.8 Å². The fourth-order valence-electron chi connectivity index (χ4n) is 4.72. The van der Waals surface area contributed by atoms with Crippen LogP contribution >= 0.6 is 23.2 Å². The minimum atomic E-state index is 0.581. The smallest absolute Gasteiger partial charge is 0.0612 e. The van der Waals surface area contributed by atoms with Gasteiger partial charge in [-0.1, -0.05) is 23.2 Å². The van der Waals surface area contributed by atoms with Crippen molar-refractivity contribution in [1.29, 1.82) is 0 Å². The van der Waals surface area contributed by atoms with Gasteiger partial charge in [-0.3, -0.25) is 0 Å². The summed E-state index contributed by atoms with van der Waals surface area (Å²) in [5, 5.41) is 8.29. The third kappa shape index (κ3) is 2.69. The summed E-state index contributed by atoms with van der Waals surface area (Å²) in [4.78, 5) is 2.62. The summed E-state index contributed by atoms with van der Waals surface area (Å²) in [7, 11) is 0. The first kappa shape index (κ1) is 15.8. The Labute approximate surface area is 158 Å². The van der Waals surface area contributed by atoms with Gasteiger partial charge in [-0.25, -0.2) is 0 Å². The summed E-state index contributed by atoms with van der Waals surface area (Å²) in [5.74, 6) is 1.37. The highest BCUT2D eigenvalue weighted by Gasteiger charge is 2.38. The standard InChI is InChI=1S/C20H21Cl2N3/c21-18-4-3-14(8-19(18)22)24-15-6-12-2-1-5-25-11-13-9-23-10-17(13)16(7-15)20(12)25/h3-4,6-8,13,17,23-24H,1-2,5,9-11H2/t13-,17+/m1/s1. The molecule has 0 aromatic heterocycles. The quantitative estimate of drug-likeness (QED) is 0.790. The number of halogens is 2. The molecule has 2 N–H and O–H groups in total. The fourth-order valence-corrected chi connectivity index (χ4v) is 5.02. The van der Waals surface area contributed by atoms with Gasteiger partial charge in [0, 0.05) is 49.2 Å². The number of hydrogen-bond donors (Lipinski definition) is 2. The van der Waals surface area contributed by atoms with E-state index in [1.807, 2.05) is 18.2 Å². The van der Waals surface area contributed by atoms with Crippen molar-refractivity contribution in [3.63, 3.8) is 0 Å². The number of nitrogens with zero attached hydrogens (tertiary/aromatic N) is 1. The van der Waals surface area contributed by atoms with Crippen molar-refractivity contribution in [3.8, 4) is 0 Å². The van der Waals surface area contributed by atoms with Gasteiger partial charge in [0.1, 0.15) is 0 Å². The van der Waals surface area contributed by atoms with Crippen LogP contribution in [0.5, 0.6) is 0 Å². The molecule has 0 saturated carbocycles. The van der Waals surface area contributed by atoms with Crippen LogP contribution in [-0.4, -0.2) is 26.2 Å². The Balaban J connectivity index is 1.56. The lowest BCUT2D eigenvalue weighted by molar-refractivity contribution is 0.470. The van der Waals surface area contributed by atoms with E-state index in [1.54, 1.807) is 0 Å². The minimum Gasteiger partial charge on any atom is -0.371 e. The maximum absolute atomic E-state index is 6.17. The monoisotopic (exact) mass is 373 g/mol. The third-order valence-electron chi connectivity index (χ3n) is 5.81. The van der Waals surface area contributed by atoms with E-state index in [4.69, 9.17) is 23.2 Å². The van der Waals surface area contributed by atoms with E-state index in [0.717, 1.165) is 30.4 Å². The van der Waals surface area contributed by atoms with Gasteiger partial charge < -0.3 is 15.5 Å². The molecular formula is C20H21Cl2N3. The molecule has 3 aliphatic rings. The van der Waals surface area contributed by atoms with Gasteiger partial charge in [0.2, 0.25) is 0 Å². The van der Waals surface area contributed by atoms with Crippen molar-refractivity contribution in [1.82, 2.24) is 5.32 Å². The van der Waals surface area contributed by atoms with Gasteiger partial charge in [0.25, 0.3) is 0 Å². The molecule has 3 nitrogen and oxygen atoms in total. The van der Waals surface area contributed by atoms with E-state index in [0.29, 0.717) is 16.0 Å². The van der Waals surface area contributed by atoms with Gasteiger partial charge in [0.15, 0.2) is 0 Å². The normalized spacial score (nSPS) is 24.0. The third-order valence-corrected chi connectivity index (χ3v) is 6.55. The highest BCUT2D eigenvalue weighted by atomic mass is 35.5. The summed E-state index contributed by atoms with van der Waals surface area (Å²) in [6.45, 7) is 4.64. The fraction of sp³-hybridized carbons (Fsp3) is 0.400. The predicted octanol–water partition coefficient (Wildman–Crippen LogP) is 4.81. The number of anilines is 3. The first-order chi connectivity index (χ1) is 12.2. The molecule has 2 aromatic rings. The van der Waals surface area contributed by atoms with Crippen LogP contribution in [0.1, 0.15) is 23.5 Å². The zero-order valence-electron chi connectivity index (χ0n) is 14.0. The van der Waals surface area contributed by atoms with Crippen LogP contribution in [0.2, 0.25) is 10.0 Å². The molecule has 3 aliphatic heterocycles. The molecule has 0 radical (unpaired) electrons. The lowest BCUT2D eigenvalue weighted by atomic mass is 9.80. The molecule has 1 saturated heterocycles.